The Morgan fingerprint density at radius 3 is 2.46 bits per heavy atom. The third-order valence-corrected chi connectivity index (χ3v) is 3.44. The Balaban J connectivity index is 3.46. The number of alkyl halides is 3. The Hall–Kier alpha value is -1.83. The molecule has 8 heteroatoms. The molecule has 1 rings (SSSR count). The summed E-state index contributed by atoms with van der Waals surface area (Å²) in [6.45, 7) is 4.87. The van der Waals surface area contributed by atoms with E-state index in [0.717, 1.165) is 10.8 Å². The summed E-state index contributed by atoms with van der Waals surface area (Å²) >= 11 is 0. The molecular weight excluding hydrogens is 327 g/mol. The molecule has 0 amide bonds. The van der Waals surface area contributed by atoms with Crippen LogP contribution >= 0.6 is 0 Å². The summed E-state index contributed by atoms with van der Waals surface area (Å²) in [6.07, 6.45) is -3.72. The van der Waals surface area contributed by atoms with Gasteiger partial charge in [0.1, 0.15) is 6.04 Å². The van der Waals surface area contributed by atoms with Crippen molar-refractivity contribution >= 4 is 5.97 Å². The van der Waals surface area contributed by atoms with Crippen LogP contribution in [-0.4, -0.2) is 28.9 Å². The molecule has 0 aromatic carbocycles. The number of aromatic nitrogens is 1. The maximum Gasteiger partial charge on any atom is 0.416 e. The smallest absolute Gasteiger partial charge is 0.416 e. The molecule has 0 saturated heterocycles. The molecule has 0 aliphatic rings. The summed E-state index contributed by atoms with van der Waals surface area (Å²) in [5.41, 5.74) is -2.25. The Bertz CT molecular complexity index is 623. The number of halogens is 3. The summed E-state index contributed by atoms with van der Waals surface area (Å²) in [6, 6.07) is -0.533. The number of esters is 1. The van der Waals surface area contributed by atoms with Crippen molar-refractivity contribution in [3.05, 3.63) is 33.7 Å². The minimum Gasteiger partial charge on any atom is -0.464 e. The molecule has 1 unspecified atom stereocenters. The van der Waals surface area contributed by atoms with Gasteiger partial charge in [-0.05, 0) is 31.2 Å². The van der Waals surface area contributed by atoms with E-state index in [9.17, 15) is 22.8 Å². The highest BCUT2D eigenvalue weighted by Gasteiger charge is 2.35. The van der Waals surface area contributed by atoms with Crippen molar-refractivity contribution in [2.75, 3.05) is 13.2 Å². The van der Waals surface area contributed by atoms with Crippen LogP contribution in [0.5, 0.6) is 0 Å². The first-order valence-electron chi connectivity index (χ1n) is 7.71. The van der Waals surface area contributed by atoms with Crippen LogP contribution in [0.15, 0.2) is 17.1 Å². The van der Waals surface area contributed by atoms with Crippen LogP contribution in [0, 0.1) is 5.92 Å². The zero-order valence-corrected chi connectivity index (χ0v) is 13.9. The lowest BCUT2D eigenvalue weighted by atomic mass is 10.0. The first-order valence-corrected chi connectivity index (χ1v) is 7.71. The Kier molecular flexibility index (Phi) is 7.01. The van der Waals surface area contributed by atoms with E-state index in [-0.39, 0.29) is 30.9 Å². The lowest BCUT2D eigenvalue weighted by Crippen LogP contribution is -2.33. The van der Waals surface area contributed by atoms with Gasteiger partial charge in [-0.1, -0.05) is 13.8 Å². The minimum absolute atomic E-state index is 0.0230. The molecule has 0 bridgehead atoms. The average molecular weight is 349 g/mol. The number of hydrogen-bond donors (Lipinski definition) is 1. The van der Waals surface area contributed by atoms with Gasteiger partial charge in [-0.3, -0.25) is 4.79 Å². The van der Waals surface area contributed by atoms with Crippen LogP contribution in [0.4, 0.5) is 13.2 Å². The van der Waals surface area contributed by atoms with Gasteiger partial charge in [0.05, 0.1) is 12.2 Å². The normalized spacial score (nSPS) is 13.2. The van der Waals surface area contributed by atoms with E-state index in [1.165, 1.54) is 0 Å². The summed E-state index contributed by atoms with van der Waals surface area (Å²) in [7, 11) is 0. The summed E-state index contributed by atoms with van der Waals surface area (Å²) < 4.78 is 45.1. The van der Waals surface area contributed by atoms with Gasteiger partial charge < -0.3 is 14.4 Å². The molecule has 136 valence electrons. The van der Waals surface area contributed by atoms with E-state index >= 15 is 0 Å². The SMILES string of the molecule is CCOC(=O)C(CC(C)C)n1cc(CCO)c(C(F)(F)F)cc1=O. The molecule has 0 fully saturated rings. The second-order valence-corrected chi connectivity index (χ2v) is 5.83. The number of nitrogens with zero attached hydrogens (tertiary/aromatic N) is 1. The van der Waals surface area contributed by atoms with Crippen LogP contribution in [0.25, 0.3) is 0 Å². The third-order valence-electron chi connectivity index (χ3n) is 3.44. The summed E-state index contributed by atoms with van der Waals surface area (Å²) in [5, 5.41) is 9.00. The molecular formula is C16H22F3NO4. The standard InChI is InChI=1S/C16H22F3NO4/c1-4-24-15(23)13(7-10(2)3)20-9-11(5-6-21)12(8-14(20)22)16(17,18)19/h8-10,13,21H,4-7H2,1-3H3. The van der Waals surface area contributed by atoms with Crippen LogP contribution < -0.4 is 5.56 Å². The zero-order valence-electron chi connectivity index (χ0n) is 13.9. The lowest BCUT2D eigenvalue weighted by Gasteiger charge is -2.22. The molecule has 5 nitrogen and oxygen atoms in total. The van der Waals surface area contributed by atoms with E-state index in [2.05, 4.69) is 0 Å². The first-order chi connectivity index (χ1) is 11.1. The average Bonchev–Trinajstić information content (AvgIpc) is 2.45. The topological polar surface area (TPSA) is 68.5 Å². The number of ether oxygens (including phenoxy) is 1. The van der Waals surface area contributed by atoms with Crippen molar-refractivity contribution < 1.29 is 27.8 Å². The molecule has 0 aliphatic heterocycles. The van der Waals surface area contributed by atoms with Crippen molar-refractivity contribution in [2.24, 2.45) is 5.92 Å². The predicted molar refractivity (Wildman–Crippen MR) is 81.6 cm³/mol. The molecule has 24 heavy (non-hydrogen) atoms. The fourth-order valence-corrected chi connectivity index (χ4v) is 2.43. The predicted octanol–water partition coefficient (Wildman–Crippen LogP) is 2.55. The van der Waals surface area contributed by atoms with E-state index < -0.39 is 35.9 Å². The van der Waals surface area contributed by atoms with Crippen LogP contribution in [-0.2, 0) is 22.1 Å². The molecule has 0 saturated carbocycles. The van der Waals surface area contributed by atoms with Gasteiger partial charge >= 0.3 is 12.1 Å². The zero-order chi connectivity index (χ0) is 18.5. The molecule has 0 aliphatic carbocycles. The lowest BCUT2D eigenvalue weighted by molar-refractivity contribution is -0.147. The first kappa shape index (κ1) is 20.2. The molecule has 1 N–H and O–H groups in total. The van der Waals surface area contributed by atoms with Gasteiger partial charge in [-0.25, -0.2) is 4.79 Å². The van der Waals surface area contributed by atoms with Gasteiger partial charge in [-0.2, -0.15) is 13.2 Å². The highest BCUT2D eigenvalue weighted by atomic mass is 19.4. The molecule has 0 spiro atoms. The van der Waals surface area contributed by atoms with Crippen LogP contribution in [0.1, 0.15) is 44.4 Å². The number of carbonyl (C=O) groups excluding carboxylic acids is 1. The van der Waals surface area contributed by atoms with Crippen molar-refractivity contribution in [2.45, 2.75) is 45.8 Å². The second kappa shape index (κ2) is 8.32. The second-order valence-electron chi connectivity index (χ2n) is 5.83. The molecule has 1 aromatic rings. The minimum atomic E-state index is -4.71. The van der Waals surface area contributed by atoms with E-state index in [1.807, 2.05) is 13.8 Å². The largest absolute Gasteiger partial charge is 0.464 e. The Morgan fingerprint density at radius 1 is 1.38 bits per heavy atom. The number of pyridine rings is 1. The maximum absolute atomic E-state index is 13.1. The maximum atomic E-state index is 13.1. The Morgan fingerprint density at radius 2 is 2.00 bits per heavy atom. The van der Waals surface area contributed by atoms with Gasteiger partial charge in [0.2, 0.25) is 0 Å². The molecule has 0 radical (unpaired) electrons. The van der Waals surface area contributed by atoms with Crippen LogP contribution in [0.2, 0.25) is 0 Å². The van der Waals surface area contributed by atoms with E-state index in [4.69, 9.17) is 9.84 Å². The fourth-order valence-electron chi connectivity index (χ4n) is 2.43. The van der Waals surface area contributed by atoms with E-state index in [0.29, 0.717) is 6.07 Å². The number of aliphatic hydroxyl groups excluding tert-OH is 1. The quantitative estimate of drug-likeness (QED) is 0.768. The van der Waals surface area contributed by atoms with Gasteiger partial charge in [0, 0.05) is 18.9 Å². The molecule has 1 heterocycles. The highest BCUT2D eigenvalue weighted by Crippen LogP contribution is 2.32. The summed E-state index contributed by atoms with van der Waals surface area (Å²) in [5.74, 6) is -0.641. The Labute approximate surface area is 138 Å². The number of carbonyl (C=O) groups is 1. The van der Waals surface area contributed by atoms with Crippen molar-refractivity contribution in [1.82, 2.24) is 4.57 Å². The van der Waals surface area contributed by atoms with Crippen LogP contribution in [0.3, 0.4) is 0 Å². The van der Waals surface area contributed by atoms with Gasteiger partial charge in [0.15, 0.2) is 0 Å². The number of aliphatic hydroxyl groups is 1. The highest BCUT2D eigenvalue weighted by molar-refractivity contribution is 5.74. The number of rotatable bonds is 7. The fraction of sp³-hybridized carbons (Fsp3) is 0.625. The van der Waals surface area contributed by atoms with Crippen molar-refractivity contribution in [1.29, 1.82) is 0 Å². The van der Waals surface area contributed by atoms with Crippen molar-refractivity contribution in [3.8, 4) is 0 Å². The summed E-state index contributed by atoms with van der Waals surface area (Å²) in [4.78, 5) is 24.3. The number of hydrogen-bond acceptors (Lipinski definition) is 4. The molecule has 1 atom stereocenters. The third kappa shape index (κ3) is 5.09. The van der Waals surface area contributed by atoms with E-state index in [1.54, 1.807) is 6.92 Å². The molecule has 1 aromatic heterocycles. The van der Waals surface area contributed by atoms with Gasteiger partial charge in [0.25, 0.3) is 5.56 Å². The van der Waals surface area contributed by atoms with Gasteiger partial charge in [-0.15, -0.1) is 0 Å². The van der Waals surface area contributed by atoms with Crippen molar-refractivity contribution in [3.63, 3.8) is 0 Å². The monoisotopic (exact) mass is 349 g/mol.